The monoisotopic (exact) mass is 208 g/mol. The van der Waals surface area contributed by atoms with E-state index >= 15 is 0 Å². The summed E-state index contributed by atoms with van der Waals surface area (Å²) in [5, 5.41) is 0. The van der Waals surface area contributed by atoms with Gasteiger partial charge in [-0.25, -0.2) is 4.98 Å². The van der Waals surface area contributed by atoms with Gasteiger partial charge >= 0.3 is 5.97 Å². The van der Waals surface area contributed by atoms with Gasteiger partial charge in [0.15, 0.2) is 5.78 Å². The van der Waals surface area contributed by atoms with E-state index in [0.717, 1.165) is 5.69 Å². The van der Waals surface area contributed by atoms with E-state index in [-0.39, 0.29) is 24.5 Å². The second-order valence-electron chi connectivity index (χ2n) is 2.95. The van der Waals surface area contributed by atoms with Crippen molar-refractivity contribution in [3.05, 3.63) is 23.8 Å². The number of esters is 1. The summed E-state index contributed by atoms with van der Waals surface area (Å²) in [5.41, 5.74) is 0.913. The molecule has 1 aromatic rings. The summed E-state index contributed by atoms with van der Waals surface area (Å²) < 4.78 is 4.65. The summed E-state index contributed by atoms with van der Waals surface area (Å²) in [6.45, 7) is 3.73. The number of nitrogens with zero attached hydrogens (tertiary/aromatic N) is 2. The fourth-order valence-electron chi connectivity index (χ4n) is 0.970. The Morgan fingerprint density at radius 3 is 2.60 bits per heavy atom. The summed E-state index contributed by atoms with van der Waals surface area (Å²) in [4.78, 5) is 30.2. The lowest BCUT2D eigenvalue weighted by Gasteiger charge is -2.00. The zero-order valence-electron chi connectivity index (χ0n) is 8.69. The molecule has 1 aromatic heterocycles. The van der Waals surface area contributed by atoms with E-state index in [1.807, 2.05) is 0 Å². The Morgan fingerprint density at radius 2 is 2.07 bits per heavy atom. The maximum atomic E-state index is 11.4. The molecule has 0 aromatic carbocycles. The molecule has 0 saturated carbocycles. The highest BCUT2D eigenvalue weighted by molar-refractivity contribution is 6.04. The average Bonchev–Trinajstić information content (AvgIpc) is 2.18. The predicted molar refractivity (Wildman–Crippen MR) is 52.3 cm³/mol. The van der Waals surface area contributed by atoms with Crippen LogP contribution in [0.1, 0.15) is 29.5 Å². The first-order chi connectivity index (χ1) is 7.13. The van der Waals surface area contributed by atoms with Crippen molar-refractivity contribution in [1.82, 2.24) is 9.97 Å². The molecule has 0 saturated heterocycles. The first-order valence-electron chi connectivity index (χ1n) is 4.61. The number of rotatable bonds is 4. The number of ketones is 1. The quantitative estimate of drug-likeness (QED) is 0.418. The third-order valence-corrected chi connectivity index (χ3v) is 1.68. The Balaban J connectivity index is 2.61. The zero-order valence-corrected chi connectivity index (χ0v) is 8.69. The lowest BCUT2D eigenvalue weighted by atomic mass is 10.2. The number of aryl methyl sites for hydroxylation is 1. The number of carbonyl (C=O) groups is 2. The van der Waals surface area contributed by atoms with E-state index in [0.29, 0.717) is 0 Å². The number of hydrogen-bond acceptors (Lipinski definition) is 5. The average molecular weight is 208 g/mol. The molecule has 0 aliphatic rings. The maximum Gasteiger partial charge on any atom is 0.313 e. The van der Waals surface area contributed by atoms with Gasteiger partial charge in [0.25, 0.3) is 0 Å². The predicted octanol–water partition coefficient (Wildman–Crippen LogP) is 0.921. The minimum absolute atomic E-state index is 0.189. The van der Waals surface area contributed by atoms with Crippen molar-refractivity contribution in [2.24, 2.45) is 0 Å². The van der Waals surface area contributed by atoms with Crippen LogP contribution in [-0.2, 0) is 9.53 Å². The summed E-state index contributed by atoms with van der Waals surface area (Å²) in [5.74, 6) is -0.911. The van der Waals surface area contributed by atoms with Gasteiger partial charge in [0.05, 0.1) is 18.5 Å². The molecular formula is C10H12N2O3. The Morgan fingerprint density at radius 1 is 1.33 bits per heavy atom. The fourth-order valence-corrected chi connectivity index (χ4v) is 0.970. The summed E-state index contributed by atoms with van der Waals surface area (Å²) in [6, 6.07) is 0. The number of Topliss-reactive ketones (excluding diaryl/α,β-unsaturated/α-hetero) is 1. The van der Waals surface area contributed by atoms with Crippen molar-refractivity contribution < 1.29 is 14.3 Å². The molecule has 0 unspecified atom stereocenters. The molecule has 0 aliphatic heterocycles. The van der Waals surface area contributed by atoms with E-state index in [9.17, 15) is 9.59 Å². The van der Waals surface area contributed by atoms with Gasteiger partial charge in [-0.1, -0.05) is 0 Å². The van der Waals surface area contributed by atoms with Crippen molar-refractivity contribution in [3.8, 4) is 0 Å². The molecule has 0 spiro atoms. The molecule has 0 radical (unpaired) electrons. The van der Waals surface area contributed by atoms with Crippen LogP contribution in [0, 0.1) is 6.92 Å². The van der Waals surface area contributed by atoms with E-state index < -0.39 is 5.97 Å². The molecule has 15 heavy (non-hydrogen) atoms. The third kappa shape index (κ3) is 3.46. The minimum atomic E-state index is -0.537. The van der Waals surface area contributed by atoms with Crippen molar-refractivity contribution in [2.75, 3.05) is 6.61 Å². The molecule has 5 heteroatoms. The molecule has 80 valence electrons. The molecule has 5 nitrogen and oxygen atoms in total. The van der Waals surface area contributed by atoms with Gasteiger partial charge in [0.1, 0.15) is 12.1 Å². The minimum Gasteiger partial charge on any atom is -0.466 e. The first kappa shape index (κ1) is 11.3. The standard InChI is InChI=1S/C10H12N2O3/c1-3-15-10(14)4-9(13)8-6-11-7(2)5-12-8/h5-6H,3-4H2,1-2H3. The molecule has 1 heterocycles. The summed E-state index contributed by atoms with van der Waals surface area (Å²) in [6.07, 6.45) is 2.56. The highest BCUT2D eigenvalue weighted by Gasteiger charge is 2.13. The SMILES string of the molecule is CCOC(=O)CC(=O)c1cnc(C)cn1. The van der Waals surface area contributed by atoms with Crippen molar-refractivity contribution in [3.63, 3.8) is 0 Å². The number of aromatic nitrogens is 2. The van der Waals surface area contributed by atoms with E-state index in [1.165, 1.54) is 12.4 Å². The molecular weight excluding hydrogens is 196 g/mol. The van der Waals surface area contributed by atoms with Gasteiger partial charge in [-0.15, -0.1) is 0 Å². The van der Waals surface area contributed by atoms with E-state index in [2.05, 4.69) is 14.7 Å². The van der Waals surface area contributed by atoms with Crippen molar-refractivity contribution >= 4 is 11.8 Å². The van der Waals surface area contributed by atoms with Gasteiger partial charge in [-0.05, 0) is 13.8 Å². The van der Waals surface area contributed by atoms with Crippen LogP contribution in [0.5, 0.6) is 0 Å². The first-order valence-corrected chi connectivity index (χ1v) is 4.61. The van der Waals surface area contributed by atoms with Crippen LogP contribution in [0.25, 0.3) is 0 Å². The van der Waals surface area contributed by atoms with Gasteiger partial charge in [0.2, 0.25) is 0 Å². The lowest BCUT2D eigenvalue weighted by Crippen LogP contribution is -2.12. The number of ether oxygens (including phenoxy) is 1. The Hall–Kier alpha value is -1.78. The van der Waals surface area contributed by atoms with Crippen molar-refractivity contribution in [2.45, 2.75) is 20.3 Å². The summed E-state index contributed by atoms with van der Waals surface area (Å²) >= 11 is 0. The zero-order chi connectivity index (χ0) is 11.3. The normalized spacial score (nSPS) is 9.73. The highest BCUT2D eigenvalue weighted by atomic mass is 16.5. The van der Waals surface area contributed by atoms with E-state index in [1.54, 1.807) is 13.8 Å². The van der Waals surface area contributed by atoms with Crippen LogP contribution in [-0.4, -0.2) is 28.3 Å². The molecule has 0 aliphatic carbocycles. The molecule has 1 rings (SSSR count). The second kappa shape index (κ2) is 5.19. The Kier molecular flexibility index (Phi) is 3.91. The lowest BCUT2D eigenvalue weighted by molar-refractivity contribution is -0.141. The maximum absolute atomic E-state index is 11.4. The fraction of sp³-hybridized carbons (Fsp3) is 0.400. The van der Waals surface area contributed by atoms with Gasteiger partial charge < -0.3 is 4.74 Å². The third-order valence-electron chi connectivity index (χ3n) is 1.68. The molecule has 0 fully saturated rings. The number of hydrogen-bond donors (Lipinski definition) is 0. The molecule has 0 N–H and O–H groups in total. The van der Waals surface area contributed by atoms with Crippen LogP contribution >= 0.6 is 0 Å². The van der Waals surface area contributed by atoms with Gasteiger partial charge in [-0.2, -0.15) is 0 Å². The van der Waals surface area contributed by atoms with Crippen LogP contribution in [0.2, 0.25) is 0 Å². The second-order valence-corrected chi connectivity index (χ2v) is 2.95. The summed E-state index contributed by atoms with van der Waals surface area (Å²) in [7, 11) is 0. The molecule has 0 bridgehead atoms. The molecule has 0 amide bonds. The number of carbonyl (C=O) groups excluding carboxylic acids is 2. The molecule has 0 atom stereocenters. The topological polar surface area (TPSA) is 69.2 Å². The van der Waals surface area contributed by atoms with Crippen LogP contribution < -0.4 is 0 Å². The Bertz CT molecular complexity index is 359. The largest absolute Gasteiger partial charge is 0.466 e. The Labute approximate surface area is 87.5 Å². The van der Waals surface area contributed by atoms with Gasteiger partial charge in [-0.3, -0.25) is 14.6 Å². The van der Waals surface area contributed by atoms with E-state index in [4.69, 9.17) is 0 Å². The van der Waals surface area contributed by atoms with Crippen LogP contribution in [0.3, 0.4) is 0 Å². The van der Waals surface area contributed by atoms with Gasteiger partial charge in [0, 0.05) is 6.20 Å². The van der Waals surface area contributed by atoms with Crippen molar-refractivity contribution in [1.29, 1.82) is 0 Å². The van der Waals surface area contributed by atoms with Crippen LogP contribution in [0.15, 0.2) is 12.4 Å². The van der Waals surface area contributed by atoms with Crippen LogP contribution in [0.4, 0.5) is 0 Å². The highest BCUT2D eigenvalue weighted by Crippen LogP contribution is 2.00. The smallest absolute Gasteiger partial charge is 0.313 e.